The van der Waals surface area contributed by atoms with Crippen molar-refractivity contribution in [2.75, 3.05) is 5.73 Å². The first kappa shape index (κ1) is 13.7. The van der Waals surface area contributed by atoms with Gasteiger partial charge in [0.2, 0.25) is 0 Å². The number of benzene rings is 2. The van der Waals surface area contributed by atoms with Gasteiger partial charge in [-0.15, -0.1) is 0 Å². The van der Waals surface area contributed by atoms with Gasteiger partial charge in [-0.05, 0) is 45.8 Å². The summed E-state index contributed by atoms with van der Waals surface area (Å²) in [5.41, 5.74) is 7.45. The Morgan fingerprint density at radius 1 is 1.17 bits per heavy atom. The van der Waals surface area contributed by atoms with Crippen molar-refractivity contribution in [3.63, 3.8) is 0 Å². The van der Waals surface area contributed by atoms with Crippen LogP contribution in [-0.2, 0) is 6.61 Å². The number of anilines is 1. The third-order valence-electron chi connectivity index (χ3n) is 2.31. The Kier molecular flexibility index (Phi) is 4.54. The lowest BCUT2D eigenvalue weighted by Gasteiger charge is -2.11. The molecule has 0 aliphatic carbocycles. The van der Waals surface area contributed by atoms with E-state index in [2.05, 4.69) is 31.9 Å². The largest absolute Gasteiger partial charge is 0.486 e. The van der Waals surface area contributed by atoms with Crippen LogP contribution in [0.1, 0.15) is 5.56 Å². The monoisotopic (exact) mass is 389 g/mol. The quantitative estimate of drug-likeness (QED) is 0.745. The number of ether oxygens (including phenoxy) is 1. The van der Waals surface area contributed by atoms with E-state index < -0.39 is 0 Å². The Balaban J connectivity index is 2.16. The Bertz CT molecular complexity index is 552. The van der Waals surface area contributed by atoms with E-state index in [0.717, 1.165) is 14.5 Å². The zero-order valence-electron chi connectivity index (χ0n) is 9.29. The van der Waals surface area contributed by atoms with Gasteiger partial charge in [0.25, 0.3) is 0 Å². The number of nitrogen functional groups attached to an aromatic ring is 1. The summed E-state index contributed by atoms with van der Waals surface area (Å²) < 4.78 is 7.48. The van der Waals surface area contributed by atoms with Gasteiger partial charge in [-0.3, -0.25) is 0 Å². The van der Waals surface area contributed by atoms with Crippen LogP contribution in [-0.4, -0.2) is 0 Å². The van der Waals surface area contributed by atoms with Crippen LogP contribution in [0.3, 0.4) is 0 Å². The average molecular weight is 391 g/mol. The van der Waals surface area contributed by atoms with E-state index in [9.17, 15) is 0 Å². The smallest absolute Gasteiger partial charge is 0.156 e. The molecular weight excluding hydrogens is 381 g/mol. The molecule has 2 aromatic carbocycles. The van der Waals surface area contributed by atoms with Crippen LogP contribution in [0, 0.1) is 0 Å². The predicted octanol–water partition coefficient (Wildman–Crippen LogP) is 5.03. The summed E-state index contributed by atoms with van der Waals surface area (Å²) in [7, 11) is 0. The Hall–Kier alpha value is -0.710. The Morgan fingerprint density at radius 2 is 1.94 bits per heavy atom. The maximum absolute atomic E-state index is 5.89. The molecule has 0 bridgehead atoms. The summed E-state index contributed by atoms with van der Waals surface area (Å²) in [5.74, 6) is 0.611. The zero-order chi connectivity index (χ0) is 13.1. The third kappa shape index (κ3) is 3.40. The van der Waals surface area contributed by atoms with Gasteiger partial charge >= 0.3 is 0 Å². The van der Waals surface area contributed by atoms with E-state index in [1.54, 1.807) is 12.1 Å². The minimum atomic E-state index is 0.448. The van der Waals surface area contributed by atoms with Crippen molar-refractivity contribution < 1.29 is 4.74 Å². The topological polar surface area (TPSA) is 35.2 Å². The summed E-state index contributed by atoms with van der Waals surface area (Å²) in [6, 6.07) is 11.3. The highest BCUT2D eigenvalue weighted by molar-refractivity contribution is 9.10. The average Bonchev–Trinajstić information content (AvgIpc) is 2.27. The lowest BCUT2D eigenvalue weighted by atomic mass is 10.2. The van der Waals surface area contributed by atoms with Crippen LogP contribution in [0.25, 0.3) is 0 Å². The van der Waals surface area contributed by atoms with Gasteiger partial charge < -0.3 is 10.5 Å². The second kappa shape index (κ2) is 5.95. The third-order valence-corrected chi connectivity index (χ3v) is 3.61. The highest BCUT2D eigenvalue weighted by atomic mass is 79.9. The molecule has 2 rings (SSSR count). The minimum Gasteiger partial charge on any atom is -0.486 e. The van der Waals surface area contributed by atoms with Crippen molar-refractivity contribution >= 4 is 49.1 Å². The molecule has 18 heavy (non-hydrogen) atoms. The molecule has 0 saturated heterocycles. The normalized spacial score (nSPS) is 10.4. The first-order valence-electron chi connectivity index (χ1n) is 5.18. The number of halogens is 3. The second-order valence-electron chi connectivity index (χ2n) is 3.72. The molecule has 5 heteroatoms. The van der Waals surface area contributed by atoms with Gasteiger partial charge in [0.1, 0.15) is 6.61 Å². The van der Waals surface area contributed by atoms with Crippen LogP contribution < -0.4 is 10.5 Å². The first-order valence-corrected chi connectivity index (χ1v) is 7.14. The van der Waals surface area contributed by atoms with E-state index in [1.165, 1.54) is 0 Å². The fraction of sp³-hybridized carbons (Fsp3) is 0.0769. The molecule has 0 atom stereocenters. The van der Waals surface area contributed by atoms with Crippen molar-refractivity contribution in [2.45, 2.75) is 6.61 Å². The molecule has 0 aliphatic heterocycles. The molecule has 2 aromatic rings. The number of rotatable bonds is 3. The SMILES string of the molecule is Nc1cc(Cl)cc(Br)c1OCc1cccc(Br)c1. The molecule has 0 aliphatic rings. The molecule has 0 unspecified atom stereocenters. The molecule has 0 saturated carbocycles. The van der Waals surface area contributed by atoms with Gasteiger partial charge in [0.15, 0.2) is 5.75 Å². The number of nitrogens with two attached hydrogens (primary N) is 1. The van der Waals surface area contributed by atoms with E-state index in [1.807, 2.05) is 24.3 Å². The molecule has 2 N–H and O–H groups in total. The highest BCUT2D eigenvalue weighted by Crippen LogP contribution is 2.35. The van der Waals surface area contributed by atoms with Crippen LogP contribution in [0.5, 0.6) is 5.75 Å². The maximum Gasteiger partial charge on any atom is 0.156 e. The fourth-order valence-electron chi connectivity index (χ4n) is 1.51. The summed E-state index contributed by atoms with van der Waals surface area (Å²) >= 11 is 12.7. The van der Waals surface area contributed by atoms with Crippen molar-refractivity contribution in [1.29, 1.82) is 0 Å². The Morgan fingerprint density at radius 3 is 2.61 bits per heavy atom. The molecule has 0 amide bonds. The molecule has 0 heterocycles. The summed E-state index contributed by atoms with van der Waals surface area (Å²) in [6.45, 7) is 0.448. The number of hydrogen-bond donors (Lipinski definition) is 1. The lowest BCUT2D eigenvalue weighted by molar-refractivity contribution is 0.306. The van der Waals surface area contributed by atoms with Crippen molar-refractivity contribution in [3.05, 3.63) is 55.9 Å². The first-order chi connectivity index (χ1) is 8.56. The van der Waals surface area contributed by atoms with Gasteiger partial charge in [0, 0.05) is 9.50 Å². The standard InChI is InChI=1S/C13H10Br2ClNO/c14-9-3-1-2-8(4-9)7-18-13-11(15)5-10(16)6-12(13)17/h1-6H,7,17H2. The highest BCUT2D eigenvalue weighted by Gasteiger charge is 2.08. The van der Waals surface area contributed by atoms with Gasteiger partial charge in [-0.2, -0.15) is 0 Å². The molecule has 94 valence electrons. The second-order valence-corrected chi connectivity index (χ2v) is 5.93. The fourth-order valence-corrected chi connectivity index (χ4v) is 2.91. The van der Waals surface area contributed by atoms with Gasteiger partial charge in [-0.25, -0.2) is 0 Å². The molecular formula is C13H10Br2ClNO. The van der Waals surface area contributed by atoms with Crippen LogP contribution >= 0.6 is 43.5 Å². The molecule has 0 spiro atoms. The van der Waals surface area contributed by atoms with E-state index in [0.29, 0.717) is 23.1 Å². The van der Waals surface area contributed by atoms with Crippen LogP contribution in [0.4, 0.5) is 5.69 Å². The van der Waals surface area contributed by atoms with Crippen LogP contribution in [0.15, 0.2) is 45.3 Å². The predicted molar refractivity (Wildman–Crippen MR) is 82.0 cm³/mol. The van der Waals surface area contributed by atoms with Crippen LogP contribution in [0.2, 0.25) is 5.02 Å². The summed E-state index contributed by atoms with van der Waals surface area (Å²) in [6.07, 6.45) is 0. The number of hydrogen-bond acceptors (Lipinski definition) is 2. The zero-order valence-corrected chi connectivity index (χ0v) is 13.2. The molecule has 0 aromatic heterocycles. The summed E-state index contributed by atoms with van der Waals surface area (Å²) in [5, 5.41) is 0.578. The van der Waals surface area contributed by atoms with E-state index >= 15 is 0 Å². The van der Waals surface area contributed by atoms with Gasteiger partial charge in [-0.1, -0.05) is 39.7 Å². The molecule has 2 nitrogen and oxygen atoms in total. The van der Waals surface area contributed by atoms with E-state index in [-0.39, 0.29) is 0 Å². The van der Waals surface area contributed by atoms with Gasteiger partial charge in [0.05, 0.1) is 10.2 Å². The van der Waals surface area contributed by atoms with Crippen molar-refractivity contribution in [3.8, 4) is 5.75 Å². The summed E-state index contributed by atoms with van der Waals surface area (Å²) in [4.78, 5) is 0. The van der Waals surface area contributed by atoms with Crippen molar-refractivity contribution in [2.24, 2.45) is 0 Å². The van der Waals surface area contributed by atoms with Crippen molar-refractivity contribution in [1.82, 2.24) is 0 Å². The minimum absolute atomic E-state index is 0.448. The Labute approximate surface area is 127 Å². The molecule has 0 fully saturated rings. The maximum atomic E-state index is 5.89. The van der Waals surface area contributed by atoms with E-state index in [4.69, 9.17) is 22.1 Å². The molecule has 0 radical (unpaired) electrons. The lowest BCUT2D eigenvalue weighted by Crippen LogP contribution is -1.99.